The lowest BCUT2D eigenvalue weighted by Crippen LogP contribution is -2.39. The molecule has 1 aliphatic heterocycles. The van der Waals surface area contributed by atoms with Crippen LogP contribution in [0.5, 0.6) is 5.75 Å². The van der Waals surface area contributed by atoms with Gasteiger partial charge in [0, 0.05) is 6.04 Å². The van der Waals surface area contributed by atoms with E-state index in [-0.39, 0.29) is 16.9 Å². The van der Waals surface area contributed by atoms with Gasteiger partial charge in [0.15, 0.2) is 0 Å². The standard InChI is InChI=1S/C16H21NO5S/c18-16(19)12-6-8-13(9-7-12)17-23(20,21)14-5-1-3-11-4-2-10-22-15(11)14/h1,3,5,12-13,17H,2,4,6-10H2,(H,18,19). The van der Waals surface area contributed by atoms with Crippen molar-refractivity contribution >= 4 is 16.0 Å². The van der Waals surface area contributed by atoms with Gasteiger partial charge in [-0.1, -0.05) is 12.1 Å². The van der Waals surface area contributed by atoms with Gasteiger partial charge in [-0.25, -0.2) is 13.1 Å². The molecule has 2 aliphatic rings. The number of sulfonamides is 1. The smallest absolute Gasteiger partial charge is 0.306 e. The number of aliphatic carboxylic acids is 1. The van der Waals surface area contributed by atoms with E-state index in [2.05, 4.69) is 4.72 Å². The minimum Gasteiger partial charge on any atom is -0.492 e. The van der Waals surface area contributed by atoms with Crippen molar-refractivity contribution in [2.24, 2.45) is 5.92 Å². The number of hydrogen-bond acceptors (Lipinski definition) is 4. The minimum absolute atomic E-state index is 0.190. The van der Waals surface area contributed by atoms with E-state index in [9.17, 15) is 13.2 Å². The van der Waals surface area contributed by atoms with Gasteiger partial charge in [0.1, 0.15) is 10.6 Å². The van der Waals surface area contributed by atoms with Gasteiger partial charge in [0.05, 0.1) is 12.5 Å². The number of benzene rings is 1. The summed E-state index contributed by atoms with van der Waals surface area (Å²) in [6.45, 7) is 0.531. The topological polar surface area (TPSA) is 92.7 Å². The van der Waals surface area contributed by atoms with E-state index in [1.165, 1.54) is 0 Å². The Balaban J connectivity index is 1.74. The van der Waals surface area contributed by atoms with Gasteiger partial charge in [0.2, 0.25) is 10.0 Å². The maximum absolute atomic E-state index is 12.7. The molecule has 1 aromatic carbocycles. The third-order valence-corrected chi connectivity index (χ3v) is 6.13. The molecule has 0 radical (unpaired) electrons. The van der Waals surface area contributed by atoms with E-state index < -0.39 is 16.0 Å². The van der Waals surface area contributed by atoms with Gasteiger partial charge in [-0.15, -0.1) is 0 Å². The van der Waals surface area contributed by atoms with E-state index in [0.717, 1.165) is 18.4 Å². The highest BCUT2D eigenvalue weighted by Gasteiger charge is 2.31. The average molecular weight is 339 g/mol. The zero-order chi connectivity index (χ0) is 16.4. The van der Waals surface area contributed by atoms with Gasteiger partial charge >= 0.3 is 5.97 Å². The van der Waals surface area contributed by atoms with Gasteiger partial charge in [0.25, 0.3) is 0 Å². The second kappa shape index (κ2) is 6.49. The Hall–Kier alpha value is -1.60. The number of ether oxygens (including phenoxy) is 1. The average Bonchev–Trinajstić information content (AvgIpc) is 2.54. The first-order valence-corrected chi connectivity index (χ1v) is 9.45. The lowest BCUT2D eigenvalue weighted by Gasteiger charge is -2.27. The van der Waals surface area contributed by atoms with Gasteiger partial charge < -0.3 is 9.84 Å². The molecule has 7 heteroatoms. The molecule has 1 aromatic rings. The first-order valence-electron chi connectivity index (χ1n) is 7.97. The van der Waals surface area contributed by atoms with Crippen LogP contribution in [0, 0.1) is 5.92 Å². The molecule has 0 aromatic heterocycles. The van der Waals surface area contributed by atoms with Crippen molar-refractivity contribution in [3.05, 3.63) is 23.8 Å². The molecule has 1 aliphatic carbocycles. The normalized spacial score (nSPS) is 24.5. The van der Waals surface area contributed by atoms with E-state index in [1.807, 2.05) is 6.07 Å². The quantitative estimate of drug-likeness (QED) is 0.874. The highest BCUT2D eigenvalue weighted by atomic mass is 32.2. The molecular formula is C16H21NO5S. The van der Waals surface area contributed by atoms with E-state index in [4.69, 9.17) is 9.84 Å². The van der Waals surface area contributed by atoms with Crippen molar-refractivity contribution in [3.8, 4) is 5.75 Å². The third-order valence-electron chi connectivity index (χ3n) is 4.59. The van der Waals surface area contributed by atoms with Crippen LogP contribution in [0.25, 0.3) is 0 Å². The summed E-state index contributed by atoms with van der Waals surface area (Å²) in [5.74, 6) is -0.689. The molecule has 3 rings (SSSR count). The van der Waals surface area contributed by atoms with Crippen LogP contribution in [0.15, 0.2) is 23.1 Å². The first kappa shape index (κ1) is 16.3. The predicted molar refractivity (Wildman–Crippen MR) is 84.0 cm³/mol. The molecule has 0 saturated heterocycles. The summed E-state index contributed by atoms with van der Waals surface area (Å²) in [5, 5.41) is 9.01. The maximum Gasteiger partial charge on any atom is 0.306 e. The number of carboxylic acid groups (broad SMARTS) is 1. The Labute approximate surface area is 135 Å². The minimum atomic E-state index is -3.66. The Kier molecular flexibility index (Phi) is 4.59. The number of aryl methyl sites for hydroxylation is 1. The fourth-order valence-corrected chi connectivity index (χ4v) is 4.80. The Morgan fingerprint density at radius 1 is 1.22 bits per heavy atom. The molecule has 0 amide bonds. The number of carbonyl (C=O) groups is 1. The number of rotatable bonds is 4. The van der Waals surface area contributed by atoms with Crippen molar-refractivity contribution in [1.29, 1.82) is 0 Å². The number of carboxylic acids is 1. The molecule has 0 bridgehead atoms. The van der Waals surface area contributed by atoms with Crippen LogP contribution in [0.4, 0.5) is 0 Å². The first-order chi connectivity index (χ1) is 11.0. The van der Waals surface area contributed by atoms with E-state index >= 15 is 0 Å². The van der Waals surface area contributed by atoms with Crippen molar-refractivity contribution in [2.75, 3.05) is 6.61 Å². The summed E-state index contributed by atoms with van der Waals surface area (Å²) in [6, 6.07) is 4.99. The van der Waals surface area contributed by atoms with Crippen LogP contribution in [0.3, 0.4) is 0 Å². The van der Waals surface area contributed by atoms with Crippen LogP contribution in [-0.2, 0) is 21.2 Å². The maximum atomic E-state index is 12.7. The molecule has 6 nitrogen and oxygen atoms in total. The van der Waals surface area contributed by atoms with Crippen molar-refractivity contribution in [1.82, 2.24) is 4.72 Å². The van der Waals surface area contributed by atoms with Gasteiger partial charge in [-0.05, 0) is 50.2 Å². The summed E-state index contributed by atoms with van der Waals surface area (Å²) in [6.07, 6.45) is 3.82. The molecule has 0 spiro atoms. The number of fused-ring (bicyclic) bond motifs is 1. The van der Waals surface area contributed by atoms with Crippen LogP contribution in [0.1, 0.15) is 37.7 Å². The summed E-state index contributed by atoms with van der Waals surface area (Å²) >= 11 is 0. The van der Waals surface area contributed by atoms with E-state index in [1.54, 1.807) is 12.1 Å². The molecule has 126 valence electrons. The summed E-state index contributed by atoms with van der Waals surface area (Å²) in [7, 11) is -3.66. The van der Waals surface area contributed by atoms with Crippen LogP contribution in [0.2, 0.25) is 0 Å². The number of nitrogens with one attached hydrogen (secondary N) is 1. The van der Waals surface area contributed by atoms with Crippen LogP contribution >= 0.6 is 0 Å². The third kappa shape index (κ3) is 3.50. The molecule has 0 unspecified atom stereocenters. The molecule has 1 heterocycles. The Bertz CT molecular complexity index is 692. The number of hydrogen-bond donors (Lipinski definition) is 2. The predicted octanol–water partition coefficient (Wildman–Crippen LogP) is 1.93. The summed E-state index contributed by atoms with van der Waals surface area (Å²) < 4.78 is 33.7. The molecule has 1 fully saturated rings. The molecular weight excluding hydrogens is 318 g/mol. The monoisotopic (exact) mass is 339 g/mol. The lowest BCUT2D eigenvalue weighted by atomic mass is 9.87. The van der Waals surface area contributed by atoms with Crippen LogP contribution in [-0.4, -0.2) is 32.1 Å². The second-order valence-corrected chi connectivity index (χ2v) is 7.89. The van der Waals surface area contributed by atoms with Crippen molar-refractivity contribution in [2.45, 2.75) is 49.5 Å². The Morgan fingerprint density at radius 2 is 1.96 bits per heavy atom. The van der Waals surface area contributed by atoms with E-state index in [0.29, 0.717) is 38.0 Å². The fraction of sp³-hybridized carbons (Fsp3) is 0.562. The molecule has 23 heavy (non-hydrogen) atoms. The zero-order valence-corrected chi connectivity index (χ0v) is 13.6. The lowest BCUT2D eigenvalue weighted by molar-refractivity contribution is -0.142. The van der Waals surface area contributed by atoms with Gasteiger partial charge in [-0.2, -0.15) is 0 Å². The summed E-state index contributed by atoms with van der Waals surface area (Å²) in [5.41, 5.74) is 0.925. The van der Waals surface area contributed by atoms with Gasteiger partial charge in [-0.3, -0.25) is 4.79 Å². The van der Waals surface area contributed by atoms with Crippen molar-refractivity contribution in [3.63, 3.8) is 0 Å². The largest absolute Gasteiger partial charge is 0.492 e. The van der Waals surface area contributed by atoms with Crippen LogP contribution < -0.4 is 9.46 Å². The molecule has 0 atom stereocenters. The second-order valence-electron chi connectivity index (χ2n) is 6.20. The molecule has 2 N–H and O–H groups in total. The zero-order valence-electron chi connectivity index (χ0n) is 12.8. The highest BCUT2D eigenvalue weighted by molar-refractivity contribution is 7.89. The van der Waals surface area contributed by atoms with Crippen molar-refractivity contribution < 1.29 is 23.1 Å². The summed E-state index contributed by atoms with van der Waals surface area (Å²) in [4.78, 5) is 11.2. The molecule has 1 saturated carbocycles. The Morgan fingerprint density at radius 3 is 2.65 bits per heavy atom. The number of para-hydroxylation sites is 1. The SMILES string of the molecule is O=C(O)C1CCC(NS(=O)(=O)c2cccc3c2OCCC3)CC1. The fourth-order valence-electron chi connectivity index (χ4n) is 3.31. The highest BCUT2D eigenvalue weighted by Crippen LogP contribution is 2.33.